The van der Waals surface area contributed by atoms with Crippen molar-refractivity contribution in [2.45, 2.75) is 57.9 Å². The molecule has 2 heteroatoms. The van der Waals surface area contributed by atoms with Crippen LogP contribution in [0.3, 0.4) is 0 Å². The zero-order valence-corrected chi connectivity index (χ0v) is 13.5. The molecule has 1 aromatic rings. The highest BCUT2D eigenvalue weighted by atomic mass is 16.5. The normalized spacial score (nSPS) is 17.8. The second kappa shape index (κ2) is 9.97. The molecule has 1 aromatic carbocycles. The SMILES string of the molecule is CCCNC(CCCc1ccccc1)CC1CCOCC1. The van der Waals surface area contributed by atoms with E-state index >= 15 is 0 Å². The van der Waals surface area contributed by atoms with Gasteiger partial charge in [-0.2, -0.15) is 0 Å². The maximum Gasteiger partial charge on any atom is 0.0468 e. The van der Waals surface area contributed by atoms with Crippen LogP contribution in [0.5, 0.6) is 0 Å². The van der Waals surface area contributed by atoms with E-state index in [0.29, 0.717) is 6.04 Å². The molecule has 2 rings (SSSR count). The van der Waals surface area contributed by atoms with Crippen molar-refractivity contribution in [2.24, 2.45) is 5.92 Å². The number of nitrogens with one attached hydrogen (secondary N) is 1. The Labute approximate surface area is 130 Å². The highest BCUT2D eigenvalue weighted by Crippen LogP contribution is 2.22. The Morgan fingerprint density at radius 2 is 1.95 bits per heavy atom. The standard InChI is InChI=1S/C19H31NO/c1-2-13-20-19(16-18-11-14-21-15-12-18)10-6-9-17-7-4-3-5-8-17/h3-5,7-8,18-20H,2,6,9-16H2,1H3. The van der Waals surface area contributed by atoms with Crippen molar-refractivity contribution < 1.29 is 4.74 Å². The third kappa shape index (κ3) is 6.62. The fourth-order valence-corrected chi connectivity index (χ4v) is 3.23. The molecule has 0 aliphatic carbocycles. The molecule has 0 saturated carbocycles. The summed E-state index contributed by atoms with van der Waals surface area (Å²) in [4.78, 5) is 0. The second-order valence-electron chi connectivity index (χ2n) is 6.32. The predicted molar refractivity (Wildman–Crippen MR) is 89.6 cm³/mol. The van der Waals surface area contributed by atoms with E-state index in [1.807, 2.05) is 0 Å². The van der Waals surface area contributed by atoms with Gasteiger partial charge in [0.25, 0.3) is 0 Å². The largest absolute Gasteiger partial charge is 0.381 e. The smallest absolute Gasteiger partial charge is 0.0468 e. The Kier molecular flexibility index (Phi) is 7.83. The third-order valence-corrected chi connectivity index (χ3v) is 4.50. The monoisotopic (exact) mass is 289 g/mol. The number of benzene rings is 1. The Bertz CT molecular complexity index is 359. The summed E-state index contributed by atoms with van der Waals surface area (Å²) >= 11 is 0. The van der Waals surface area contributed by atoms with Crippen molar-refractivity contribution in [2.75, 3.05) is 19.8 Å². The first-order chi connectivity index (χ1) is 10.4. The first-order valence-electron chi connectivity index (χ1n) is 8.73. The van der Waals surface area contributed by atoms with Crippen LogP contribution in [0, 0.1) is 5.92 Å². The van der Waals surface area contributed by atoms with Crippen molar-refractivity contribution in [3.63, 3.8) is 0 Å². The van der Waals surface area contributed by atoms with Gasteiger partial charge in [-0.15, -0.1) is 0 Å². The molecule has 21 heavy (non-hydrogen) atoms. The van der Waals surface area contributed by atoms with Crippen LogP contribution < -0.4 is 5.32 Å². The lowest BCUT2D eigenvalue weighted by Gasteiger charge is -2.27. The molecular weight excluding hydrogens is 258 g/mol. The topological polar surface area (TPSA) is 21.3 Å². The number of rotatable bonds is 9. The van der Waals surface area contributed by atoms with Gasteiger partial charge >= 0.3 is 0 Å². The van der Waals surface area contributed by atoms with Crippen LogP contribution in [-0.2, 0) is 11.2 Å². The quantitative estimate of drug-likeness (QED) is 0.736. The minimum Gasteiger partial charge on any atom is -0.381 e. The Balaban J connectivity index is 1.72. The van der Waals surface area contributed by atoms with E-state index in [2.05, 4.69) is 42.6 Å². The summed E-state index contributed by atoms with van der Waals surface area (Å²) in [6, 6.07) is 11.6. The van der Waals surface area contributed by atoms with Gasteiger partial charge in [0, 0.05) is 19.3 Å². The molecule has 1 fully saturated rings. The minimum atomic E-state index is 0.691. The van der Waals surface area contributed by atoms with Gasteiger partial charge in [0.1, 0.15) is 0 Å². The zero-order chi connectivity index (χ0) is 14.8. The van der Waals surface area contributed by atoms with Crippen LogP contribution in [0.1, 0.15) is 51.0 Å². The van der Waals surface area contributed by atoms with Gasteiger partial charge < -0.3 is 10.1 Å². The van der Waals surface area contributed by atoms with E-state index in [-0.39, 0.29) is 0 Å². The minimum absolute atomic E-state index is 0.691. The van der Waals surface area contributed by atoms with Crippen LogP contribution in [0.25, 0.3) is 0 Å². The van der Waals surface area contributed by atoms with Gasteiger partial charge in [-0.25, -0.2) is 0 Å². The summed E-state index contributed by atoms with van der Waals surface area (Å²) in [7, 11) is 0. The first-order valence-corrected chi connectivity index (χ1v) is 8.73. The van der Waals surface area contributed by atoms with Crippen molar-refractivity contribution in [1.29, 1.82) is 0 Å². The van der Waals surface area contributed by atoms with Crippen molar-refractivity contribution in [3.8, 4) is 0 Å². The van der Waals surface area contributed by atoms with Crippen LogP contribution in [0.2, 0.25) is 0 Å². The fourth-order valence-electron chi connectivity index (χ4n) is 3.23. The number of hydrogen-bond donors (Lipinski definition) is 1. The van der Waals surface area contributed by atoms with Crippen molar-refractivity contribution >= 4 is 0 Å². The van der Waals surface area contributed by atoms with Gasteiger partial charge in [-0.1, -0.05) is 37.3 Å². The second-order valence-corrected chi connectivity index (χ2v) is 6.32. The molecule has 1 unspecified atom stereocenters. The van der Waals surface area contributed by atoms with E-state index in [1.54, 1.807) is 0 Å². The molecule has 1 aliphatic rings. The molecule has 1 heterocycles. The summed E-state index contributed by atoms with van der Waals surface area (Å²) in [6.07, 6.45) is 8.85. The van der Waals surface area contributed by atoms with E-state index in [4.69, 9.17) is 4.74 Å². The lowest BCUT2D eigenvalue weighted by atomic mass is 9.90. The maximum absolute atomic E-state index is 5.48. The van der Waals surface area contributed by atoms with E-state index < -0.39 is 0 Å². The molecule has 1 N–H and O–H groups in total. The molecule has 1 atom stereocenters. The molecule has 0 spiro atoms. The highest BCUT2D eigenvalue weighted by Gasteiger charge is 2.18. The zero-order valence-electron chi connectivity index (χ0n) is 13.5. The van der Waals surface area contributed by atoms with Crippen LogP contribution >= 0.6 is 0 Å². The lowest BCUT2D eigenvalue weighted by molar-refractivity contribution is 0.0601. The van der Waals surface area contributed by atoms with Crippen LogP contribution in [0.4, 0.5) is 0 Å². The molecular formula is C19H31NO. The average Bonchev–Trinajstić information content (AvgIpc) is 2.54. The summed E-state index contributed by atoms with van der Waals surface area (Å²) in [6.45, 7) is 5.34. The first kappa shape index (κ1) is 16.5. The van der Waals surface area contributed by atoms with Crippen molar-refractivity contribution in [3.05, 3.63) is 35.9 Å². The molecule has 0 radical (unpaired) electrons. The molecule has 2 nitrogen and oxygen atoms in total. The summed E-state index contributed by atoms with van der Waals surface area (Å²) in [5, 5.41) is 3.76. The number of aryl methyl sites for hydroxylation is 1. The molecule has 0 amide bonds. The Morgan fingerprint density at radius 1 is 1.19 bits per heavy atom. The van der Waals surface area contributed by atoms with E-state index in [1.165, 1.54) is 50.5 Å². The third-order valence-electron chi connectivity index (χ3n) is 4.50. The van der Waals surface area contributed by atoms with Gasteiger partial charge in [-0.05, 0) is 63.0 Å². The summed E-state index contributed by atoms with van der Waals surface area (Å²) < 4.78 is 5.48. The van der Waals surface area contributed by atoms with E-state index in [9.17, 15) is 0 Å². The molecule has 0 bridgehead atoms. The van der Waals surface area contributed by atoms with Gasteiger partial charge in [0.05, 0.1) is 0 Å². The summed E-state index contributed by atoms with van der Waals surface area (Å²) in [5.41, 5.74) is 1.47. The number of hydrogen-bond acceptors (Lipinski definition) is 2. The highest BCUT2D eigenvalue weighted by molar-refractivity contribution is 5.14. The fraction of sp³-hybridized carbons (Fsp3) is 0.684. The molecule has 118 valence electrons. The Hall–Kier alpha value is -0.860. The van der Waals surface area contributed by atoms with Crippen LogP contribution in [0.15, 0.2) is 30.3 Å². The molecule has 1 saturated heterocycles. The molecule has 1 aliphatic heterocycles. The van der Waals surface area contributed by atoms with Gasteiger partial charge in [0.2, 0.25) is 0 Å². The Morgan fingerprint density at radius 3 is 2.67 bits per heavy atom. The van der Waals surface area contributed by atoms with Gasteiger partial charge in [0.15, 0.2) is 0 Å². The molecule has 0 aromatic heterocycles. The van der Waals surface area contributed by atoms with Crippen molar-refractivity contribution in [1.82, 2.24) is 5.32 Å². The van der Waals surface area contributed by atoms with Gasteiger partial charge in [-0.3, -0.25) is 0 Å². The maximum atomic E-state index is 5.48. The lowest BCUT2D eigenvalue weighted by Crippen LogP contribution is -2.33. The number of ether oxygens (including phenoxy) is 1. The predicted octanol–water partition coefficient (Wildman–Crippen LogP) is 4.19. The van der Waals surface area contributed by atoms with Crippen LogP contribution in [-0.4, -0.2) is 25.8 Å². The van der Waals surface area contributed by atoms with E-state index in [0.717, 1.165) is 25.7 Å². The average molecular weight is 289 g/mol. The summed E-state index contributed by atoms with van der Waals surface area (Å²) in [5.74, 6) is 0.866.